The van der Waals surface area contributed by atoms with Crippen molar-refractivity contribution in [3.8, 4) is 21.8 Å². The highest BCUT2D eigenvalue weighted by atomic mass is 32.2. The second kappa shape index (κ2) is 10.8. The Morgan fingerprint density at radius 2 is 1.91 bits per heavy atom. The average Bonchev–Trinajstić information content (AvgIpc) is 3.57. The van der Waals surface area contributed by atoms with Crippen LogP contribution in [0.2, 0.25) is 0 Å². The number of ether oxygens (including phenoxy) is 1. The number of benzene rings is 1. The lowest BCUT2D eigenvalue weighted by atomic mass is 10.0. The molecule has 0 unspecified atom stereocenters. The Hall–Kier alpha value is -2.95. The van der Waals surface area contributed by atoms with Crippen LogP contribution in [-0.4, -0.2) is 39.0 Å². The molecule has 0 saturated carbocycles. The summed E-state index contributed by atoms with van der Waals surface area (Å²) in [7, 11) is 0. The van der Waals surface area contributed by atoms with E-state index in [0.717, 1.165) is 21.8 Å². The number of hydrogen-bond acceptors (Lipinski definition) is 8. The molecule has 0 radical (unpaired) electrons. The lowest BCUT2D eigenvalue weighted by molar-refractivity contribution is -0.113. The number of carbonyl (C=O) groups is 2. The minimum absolute atomic E-state index is 0.142. The molecule has 3 aromatic heterocycles. The molecular weight excluding hydrogens is 476 g/mol. The van der Waals surface area contributed by atoms with Crippen LogP contribution >= 0.6 is 34.4 Å². The first-order valence-corrected chi connectivity index (χ1v) is 13.1. The van der Waals surface area contributed by atoms with E-state index >= 15 is 0 Å². The quantitative estimate of drug-likeness (QED) is 0.237. The second-order valence-electron chi connectivity index (χ2n) is 6.80. The first-order valence-electron chi connectivity index (χ1n) is 10.4. The molecule has 7 nitrogen and oxygen atoms in total. The molecule has 0 aliphatic heterocycles. The Labute approximate surface area is 203 Å². The Morgan fingerprint density at radius 3 is 2.61 bits per heavy atom. The molecule has 0 aliphatic rings. The van der Waals surface area contributed by atoms with E-state index in [1.165, 1.54) is 23.1 Å². The van der Waals surface area contributed by atoms with Crippen LogP contribution < -0.4 is 5.32 Å². The van der Waals surface area contributed by atoms with Crippen LogP contribution in [0.25, 0.3) is 21.8 Å². The van der Waals surface area contributed by atoms with E-state index in [4.69, 9.17) is 4.74 Å². The Bertz CT molecular complexity index is 1230. The maximum Gasteiger partial charge on any atom is 0.341 e. The van der Waals surface area contributed by atoms with E-state index in [0.29, 0.717) is 22.3 Å². The van der Waals surface area contributed by atoms with Crippen molar-refractivity contribution < 1.29 is 14.3 Å². The number of thioether (sulfide) groups is 1. The molecule has 1 aromatic carbocycles. The Balaban J connectivity index is 1.50. The van der Waals surface area contributed by atoms with Crippen molar-refractivity contribution in [2.45, 2.75) is 25.5 Å². The van der Waals surface area contributed by atoms with Crippen molar-refractivity contribution in [3.63, 3.8) is 0 Å². The van der Waals surface area contributed by atoms with Crippen LogP contribution in [0.3, 0.4) is 0 Å². The summed E-state index contributed by atoms with van der Waals surface area (Å²) in [6.45, 7) is 4.73. The van der Waals surface area contributed by atoms with Crippen LogP contribution in [0.5, 0.6) is 0 Å². The molecule has 4 aromatic rings. The van der Waals surface area contributed by atoms with Crippen LogP contribution in [0.15, 0.2) is 58.4 Å². The second-order valence-corrected chi connectivity index (χ2v) is 9.57. The minimum atomic E-state index is -0.452. The Morgan fingerprint density at radius 1 is 1.09 bits per heavy atom. The zero-order valence-corrected chi connectivity index (χ0v) is 20.6. The molecule has 3 heterocycles. The third kappa shape index (κ3) is 5.18. The summed E-state index contributed by atoms with van der Waals surface area (Å²) < 4.78 is 7.25. The van der Waals surface area contributed by atoms with Crippen molar-refractivity contribution in [1.82, 2.24) is 14.8 Å². The van der Waals surface area contributed by atoms with Gasteiger partial charge >= 0.3 is 5.97 Å². The zero-order valence-electron chi connectivity index (χ0n) is 18.1. The Kier molecular flexibility index (Phi) is 7.58. The molecular formula is C23H22N4O3S3. The third-order valence-corrected chi connectivity index (χ3v) is 7.44. The first-order chi connectivity index (χ1) is 16.1. The number of esters is 1. The smallest absolute Gasteiger partial charge is 0.341 e. The number of rotatable bonds is 9. The van der Waals surface area contributed by atoms with Gasteiger partial charge in [-0.15, -0.1) is 32.9 Å². The minimum Gasteiger partial charge on any atom is -0.462 e. The molecule has 0 fully saturated rings. The van der Waals surface area contributed by atoms with Crippen molar-refractivity contribution in [1.29, 1.82) is 0 Å². The summed E-state index contributed by atoms with van der Waals surface area (Å²) in [4.78, 5) is 26.5. The molecule has 4 rings (SSSR count). The average molecular weight is 499 g/mol. The van der Waals surface area contributed by atoms with E-state index < -0.39 is 5.97 Å². The fraction of sp³-hybridized carbons (Fsp3) is 0.217. The van der Waals surface area contributed by atoms with Crippen molar-refractivity contribution in [2.75, 3.05) is 17.7 Å². The molecule has 0 bridgehead atoms. The van der Waals surface area contributed by atoms with Gasteiger partial charge in [-0.05, 0) is 30.9 Å². The predicted octanol–water partition coefficient (Wildman–Crippen LogP) is 5.66. The van der Waals surface area contributed by atoms with Crippen LogP contribution in [0, 0.1) is 0 Å². The van der Waals surface area contributed by atoms with E-state index in [1.807, 2.05) is 64.7 Å². The number of aromatic nitrogens is 3. The molecule has 33 heavy (non-hydrogen) atoms. The fourth-order valence-electron chi connectivity index (χ4n) is 3.25. The molecule has 0 spiro atoms. The van der Waals surface area contributed by atoms with Gasteiger partial charge in [0, 0.05) is 17.5 Å². The lowest BCUT2D eigenvalue weighted by Crippen LogP contribution is -2.16. The first kappa shape index (κ1) is 23.2. The predicted molar refractivity (Wildman–Crippen MR) is 134 cm³/mol. The van der Waals surface area contributed by atoms with Gasteiger partial charge in [0.1, 0.15) is 10.6 Å². The van der Waals surface area contributed by atoms with E-state index in [9.17, 15) is 9.59 Å². The molecule has 0 aliphatic carbocycles. The van der Waals surface area contributed by atoms with Gasteiger partial charge in [0.05, 0.1) is 17.2 Å². The number of carbonyl (C=O) groups excluding carboxylic acids is 2. The normalized spacial score (nSPS) is 10.8. The molecule has 0 atom stereocenters. The fourth-order valence-corrected chi connectivity index (χ4v) is 5.74. The molecule has 10 heteroatoms. The van der Waals surface area contributed by atoms with Crippen molar-refractivity contribution >= 4 is 51.3 Å². The van der Waals surface area contributed by atoms with E-state index in [2.05, 4.69) is 15.5 Å². The van der Waals surface area contributed by atoms with Gasteiger partial charge < -0.3 is 14.6 Å². The van der Waals surface area contributed by atoms with Crippen molar-refractivity contribution in [2.24, 2.45) is 0 Å². The third-order valence-electron chi connectivity index (χ3n) is 4.72. The standard InChI is InChI=1S/C23H22N4O3S3/c1-3-27-20(17-11-8-12-31-17)25-26-23(27)33-14-18(28)24-21-19(22(29)30-4-2)16(13-32-21)15-9-6-5-7-10-15/h5-13H,3-4,14H2,1-2H3,(H,24,28). The lowest BCUT2D eigenvalue weighted by Gasteiger charge is -2.09. The summed E-state index contributed by atoms with van der Waals surface area (Å²) in [6.07, 6.45) is 0. The summed E-state index contributed by atoms with van der Waals surface area (Å²) in [6, 6.07) is 13.6. The number of amides is 1. The van der Waals surface area contributed by atoms with Gasteiger partial charge in [-0.2, -0.15) is 0 Å². The molecule has 1 N–H and O–H groups in total. The monoisotopic (exact) mass is 498 g/mol. The van der Waals surface area contributed by atoms with Gasteiger partial charge in [0.15, 0.2) is 11.0 Å². The van der Waals surface area contributed by atoms with Gasteiger partial charge in [0.25, 0.3) is 0 Å². The van der Waals surface area contributed by atoms with E-state index in [1.54, 1.807) is 18.3 Å². The number of nitrogens with zero attached hydrogens (tertiary/aromatic N) is 3. The van der Waals surface area contributed by atoms with E-state index in [-0.39, 0.29) is 18.3 Å². The van der Waals surface area contributed by atoms with Gasteiger partial charge in [-0.3, -0.25) is 4.79 Å². The molecule has 170 valence electrons. The summed E-state index contributed by atoms with van der Waals surface area (Å²) in [5.74, 6) is 0.261. The summed E-state index contributed by atoms with van der Waals surface area (Å²) in [5, 5.41) is 16.5. The topological polar surface area (TPSA) is 86.1 Å². The number of hydrogen-bond donors (Lipinski definition) is 1. The maximum absolute atomic E-state index is 12.8. The van der Waals surface area contributed by atoms with Crippen LogP contribution in [0.4, 0.5) is 5.00 Å². The van der Waals surface area contributed by atoms with Crippen molar-refractivity contribution in [3.05, 3.63) is 58.8 Å². The highest BCUT2D eigenvalue weighted by Crippen LogP contribution is 2.36. The zero-order chi connectivity index (χ0) is 23.2. The van der Waals surface area contributed by atoms with Crippen LogP contribution in [0.1, 0.15) is 24.2 Å². The van der Waals surface area contributed by atoms with Gasteiger partial charge in [-0.1, -0.05) is 48.2 Å². The number of nitrogens with one attached hydrogen (secondary N) is 1. The highest BCUT2D eigenvalue weighted by Gasteiger charge is 2.23. The molecule has 1 amide bonds. The summed E-state index contributed by atoms with van der Waals surface area (Å²) in [5.41, 5.74) is 2.01. The van der Waals surface area contributed by atoms with Crippen LogP contribution in [-0.2, 0) is 16.1 Å². The summed E-state index contributed by atoms with van der Waals surface area (Å²) >= 11 is 4.23. The van der Waals surface area contributed by atoms with Gasteiger partial charge in [-0.25, -0.2) is 4.79 Å². The number of thiophene rings is 2. The largest absolute Gasteiger partial charge is 0.462 e. The maximum atomic E-state index is 12.8. The number of anilines is 1. The highest BCUT2D eigenvalue weighted by molar-refractivity contribution is 7.99. The van der Waals surface area contributed by atoms with Gasteiger partial charge in [0.2, 0.25) is 5.91 Å². The SMILES string of the molecule is CCOC(=O)c1c(-c2ccccc2)csc1NC(=O)CSc1nnc(-c2cccs2)n1CC. The molecule has 0 saturated heterocycles.